The van der Waals surface area contributed by atoms with Crippen molar-refractivity contribution in [3.63, 3.8) is 0 Å². The first-order valence-electron chi connectivity index (χ1n) is 6.98. The lowest BCUT2D eigenvalue weighted by atomic mass is 9.99. The highest BCUT2D eigenvalue weighted by Crippen LogP contribution is 2.34. The molecule has 3 heterocycles. The number of hydrogen-bond acceptors (Lipinski definition) is 4. The van der Waals surface area contributed by atoms with Gasteiger partial charge in [-0.1, -0.05) is 0 Å². The van der Waals surface area contributed by atoms with Gasteiger partial charge in [-0.25, -0.2) is 4.79 Å². The Morgan fingerprint density at radius 3 is 3.05 bits per heavy atom. The summed E-state index contributed by atoms with van der Waals surface area (Å²) in [5.41, 5.74) is 0.793. The summed E-state index contributed by atoms with van der Waals surface area (Å²) < 4.78 is 0. The fourth-order valence-electron chi connectivity index (χ4n) is 3.11. The van der Waals surface area contributed by atoms with Crippen LogP contribution in [0, 0.1) is 0 Å². The first-order chi connectivity index (χ1) is 9.66. The third kappa shape index (κ3) is 2.45. The lowest BCUT2D eigenvalue weighted by molar-refractivity contribution is -0.151. The number of amides is 1. The van der Waals surface area contributed by atoms with E-state index < -0.39 is 12.0 Å². The standard InChI is InChI=1S/C14H18N2O3S/c17-12(8-9-2-1-5-15-9)16-6-3-11-10(4-7-20-11)13(16)14(18)19/h4,7,9,13,15H,1-3,5-6,8H2,(H,18,19). The van der Waals surface area contributed by atoms with E-state index in [9.17, 15) is 14.7 Å². The van der Waals surface area contributed by atoms with Crippen molar-refractivity contribution in [3.8, 4) is 0 Å². The average molecular weight is 294 g/mol. The molecule has 3 rings (SSSR count). The quantitative estimate of drug-likeness (QED) is 0.884. The molecule has 2 aliphatic rings. The molecule has 5 nitrogen and oxygen atoms in total. The number of rotatable bonds is 3. The molecule has 0 aromatic carbocycles. The highest BCUT2D eigenvalue weighted by atomic mass is 32.1. The molecule has 0 saturated carbocycles. The third-order valence-electron chi connectivity index (χ3n) is 4.10. The van der Waals surface area contributed by atoms with Gasteiger partial charge in [0, 0.05) is 23.9 Å². The van der Waals surface area contributed by atoms with Crippen molar-refractivity contribution in [2.45, 2.75) is 37.8 Å². The summed E-state index contributed by atoms with van der Waals surface area (Å²) in [6.07, 6.45) is 3.26. The Labute approximate surface area is 121 Å². The van der Waals surface area contributed by atoms with Crippen LogP contribution in [0.3, 0.4) is 0 Å². The van der Waals surface area contributed by atoms with Crippen LogP contribution < -0.4 is 5.32 Å². The molecule has 20 heavy (non-hydrogen) atoms. The van der Waals surface area contributed by atoms with Crippen LogP contribution in [0.5, 0.6) is 0 Å². The molecule has 1 aromatic rings. The topological polar surface area (TPSA) is 69.6 Å². The van der Waals surface area contributed by atoms with Gasteiger partial charge in [-0.3, -0.25) is 4.79 Å². The van der Waals surface area contributed by atoms with Crippen molar-refractivity contribution in [2.75, 3.05) is 13.1 Å². The van der Waals surface area contributed by atoms with E-state index in [-0.39, 0.29) is 11.9 Å². The van der Waals surface area contributed by atoms with Crippen LogP contribution in [0.15, 0.2) is 11.4 Å². The van der Waals surface area contributed by atoms with Gasteiger partial charge >= 0.3 is 5.97 Å². The zero-order valence-corrected chi connectivity index (χ0v) is 12.0. The maximum absolute atomic E-state index is 12.4. The minimum Gasteiger partial charge on any atom is -0.479 e. The molecule has 1 fully saturated rings. The van der Waals surface area contributed by atoms with Crippen molar-refractivity contribution in [1.82, 2.24) is 10.2 Å². The van der Waals surface area contributed by atoms with E-state index in [2.05, 4.69) is 5.32 Å². The number of hydrogen-bond donors (Lipinski definition) is 2. The van der Waals surface area contributed by atoms with E-state index in [1.807, 2.05) is 11.4 Å². The molecule has 2 N–H and O–H groups in total. The number of nitrogens with zero attached hydrogens (tertiary/aromatic N) is 1. The number of fused-ring (bicyclic) bond motifs is 1. The molecule has 1 amide bonds. The largest absolute Gasteiger partial charge is 0.479 e. The van der Waals surface area contributed by atoms with Crippen molar-refractivity contribution >= 4 is 23.2 Å². The number of aliphatic carboxylic acids is 1. The van der Waals surface area contributed by atoms with Gasteiger partial charge in [0.05, 0.1) is 0 Å². The van der Waals surface area contributed by atoms with Crippen LogP contribution in [-0.2, 0) is 16.0 Å². The van der Waals surface area contributed by atoms with Crippen LogP contribution in [0.2, 0.25) is 0 Å². The Kier molecular flexibility index (Phi) is 3.76. The Hall–Kier alpha value is -1.40. The molecule has 0 bridgehead atoms. The van der Waals surface area contributed by atoms with Crippen LogP contribution >= 0.6 is 11.3 Å². The number of carbonyl (C=O) groups is 2. The maximum Gasteiger partial charge on any atom is 0.331 e. The smallest absolute Gasteiger partial charge is 0.331 e. The van der Waals surface area contributed by atoms with Gasteiger partial charge in [0.25, 0.3) is 0 Å². The predicted molar refractivity (Wildman–Crippen MR) is 75.8 cm³/mol. The minimum atomic E-state index is -0.933. The van der Waals surface area contributed by atoms with Gasteiger partial charge in [-0.15, -0.1) is 11.3 Å². The summed E-state index contributed by atoms with van der Waals surface area (Å²) in [6.45, 7) is 1.46. The molecule has 2 unspecified atom stereocenters. The Morgan fingerprint density at radius 1 is 1.50 bits per heavy atom. The lowest BCUT2D eigenvalue weighted by Gasteiger charge is -2.33. The molecule has 108 valence electrons. The van der Waals surface area contributed by atoms with E-state index in [4.69, 9.17) is 0 Å². The summed E-state index contributed by atoms with van der Waals surface area (Å²) in [5, 5.41) is 14.7. The van der Waals surface area contributed by atoms with E-state index in [0.29, 0.717) is 13.0 Å². The molecular formula is C14H18N2O3S. The second-order valence-electron chi connectivity index (χ2n) is 5.37. The normalized spacial score (nSPS) is 25.5. The first kappa shape index (κ1) is 13.6. The van der Waals surface area contributed by atoms with Crippen molar-refractivity contribution < 1.29 is 14.7 Å². The van der Waals surface area contributed by atoms with Crippen LogP contribution in [0.25, 0.3) is 0 Å². The van der Waals surface area contributed by atoms with Gasteiger partial charge in [0.1, 0.15) is 0 Å². The Bertz CT molecular complexity index is 522. The van der Waals surface area contributed by atoms with Crippen LogP contribution in [0.1, 0.15) is 35.7 Å². The van der Waals surface area contributed by atoms with Gasteiger partial charge in [-0.2, -0.15) is 0 Å². The molecule has 0 radical (unpaired) electrons. The first-order valence-corrected chi connectivity index (χ1v) is 7.86. The number of thiophene rings is 1. The molecule has 1 saturated heterocycles. The average Bonchev–Trinajstić information content (AvgIpc) is 3.06. The van der Waals surface area contributed by atoms with Gasteiger partial charge < -0.3 is 15.3 Å². The summed E-state index contributed by atoms with van der Waals surface area (Å²) in [6, 6.07) is 1.24. The number of nitrogens with one attached hydrogen (secondary N) is 1. The van der Waals surface area contributed by atoms with Crippen LogP contribution in [0.4, 0.5) is 0 Å². The minimum absolute atomic E-state index is 0.0475. The van der Waals surface area contributed by atoms with Crippen molar-refractivity contribution in [2.24, 2.45) is 0 Å². The Morgan fingerprint density at radius 2 is 2.35 bits per heavy atom. The van der Waals surface area contributed by atoms with E-state index in [1.54, 1.807) is 11.3 Å². The number of carbonyl (C=O) groups excluding carboxylic acids is 1. The Balaban J connectivity index is 1.78. The fraction of sp³-hybridized carbons (Fsp3) is 0.571. The predicted octanol–water partition coefficient (Wildman–Crippen LogP) is 1.40. The molecule has 0 spiro atoms. The van der Waals surface area contributed by atoms with E-state index in [1.165, 1.54) is 4.90 Å². The summed E-state index contributed by atoms with van der Waals surface area (Å²) >= 11 is 1.58. The molecule has 2 aliphatic heterocycles. The lowest BCUT2D eigenvalue weighted by Crippen LogP contribution is -2.44. The second kappa shape index (κ2) is 5.54. The molecule has 2 atom stereocenters. The number of carboxylic acid groups (broad SMARTS) is 1. The molecular weight excluding hydrogens is 276 g/mol. The zero-order valence-electron chi connectivity index (χ0n) is 11.2. The fourth-order valence-corrected chi connectivity index (χ4v) is 4.01. The highest BCUT2D eigenvalue weighted by molar-refractivity contribution is 7.10. The summed E-state index contributed by atoms with van der Waals surface area (Å²) in [4.78, 5) is 26.6. The SMILES string of the molecule is O=C(O)C1c2ccsc2CCN1C(=O)CC1CCCN1. The third-order valence-corrected chi connectivity index (χ3v) is 5.10. The van der Waals surface area contributed by atoms with Crippen molar-refractivity contribution in [3.05, 3.63) is 21.9 Å². The van der Waals surface area contributed by atoms with E-state index >= 15 is 0 Å². The van der Waals surface area contributed by atoms with Gasteiger partial charge in [0.15, 0.2) is 6.04 Å². The van der Waals surface area contributed by atoms with Gasteiger partial charge in [0.2, 0.25) is 5.91 Å². The molecule has 1 aromatic heterocycles. The van der Waals surface area contributed by atoms with E-state index in [0.717, 1.165) is 36.2 Å². The zero-order chi connectivity index (χ0) is 14.1. The van der Waals surface area contributed by atoms with Crippen LogP contribution in [-0.4, -0.2) is 41.0 Å². The van der Waals surface area contributed by atoms with Crippen molar-refractivity contribution in [1.29, 1.82) is 0 Å². The number of carboxylic acids is 1. The molecule has 0 aliphatic carbocycles. The van der Waals surface area contributed by atoms with Gasteiger partial charge in [-0.05, 0) is 42.8 Å². The summed E-state index contributed by atoms with van der Waals surface area (Å²) in [5.74, 6) is -0.981. The monoisotopic (exact) mass is 294 g/mol. The second-order valence-corrected chi connectivity index (χ2v) is 6.38. The summed E-state index contributed by atoms with van der Waals surface area (Å²) in [7, 11) is 0. The highest BCUT2D eigenvalue weighted by Gasteiger charge is 2.37. The molecule has 6 heteroatoms. The maximum atomic E-state index is 12.4.